The van der Waals surface area contributed by atoms with Gasteiger partial charge in [-0.3, -0.25) is 9.80 Å². The molecule has 21 heavy (non-hydrogen) atoms. The minimum Gasteiger partial charge on any atom is -0.312 e. The zero-order valence-electron chi connectivity index (χ0n) is 13.6. The Hall–Kier alpha value is -0.900. The maximum absolute atomic E-state index is 3.48. The van der Waals surface area contributed by atoms with Crippen LogP contribution >= 0.6 is 0 Å². The molecule has 1 atom stereocenters. The van der Waals surface area contributed by atoms with Gasteiger partial charge in [0.25, 0.3) is 0 Å². The zero-order chi connectivity index (χ0) is 14.7. The molecule has 0 radical (unpaired) electrons. The van der Waals surface area contributed by atoms with E-state index >= 15 is 0 Å². The Morgan fingerprint density at radius 3 is 2.95 bits per heavy atom. The molecule has 116 valence electrons. The quantitative estimate of drug-likeness (QED) is 0.896. The molecule has 0 aromatic heterocycles. The molecule has 3 nitrogen and oxygen atoms in total. The first kappa shape index (κ1) is 15.0. The van der Waals surface area contributed by atoms with E-state index in [2.05, 4.69) is 47.2 Å². The Morgan fingerprint density at radius 2 is 2.14 bits per heavy atom. The van der Waals surface area contributed by atoms with Crippen molar-refractivity contribution in [3.8, 4) is 0 Å². The normalized spacial score (nSPS) is 22.7. The van der Waals surface area contributed by atoms with Gasteiger partial charge in [0.15, 0.2) is 0 Å². The van der Waals surface area contributed by atoms with Crippen molar-refractivity contribution in [1.82, 2.24) is 15.1 Å². The van der Waals surface area contributed by atoms with E-state index < -0.39 is 0 Å². The van der Waals surface area contributed by atoms with Crippen LogP contribution in [0.3, 0.4) is 0 Å². The molecule has 1 fully saturated rings. The second-order valence-corrected chi connectivity index (χ2v) is 6.38. The van der Waals surface area contributed by atoms with E-state index in [0.29, 0.717) is 0 Å². The summed E-state index contributed by atoms with van der Waals surface area (Å²) in [5.41, 5.74) is 4.69. The minimum atomic E-state index is 0.765. The topological polar surface area (TPSA) is 18.5 Å². The van der Waals surface area contributed by atoms with Crippen LogP contribution in [0.5, 0.6) is 0 Å². The van der Waals surface area contributed by atoms with Gasteiger partial charge >= 0.3 is 0 Å². The molecule has 1 aromatic rings. The molecule has 0 amide bonds. The number of hydrogen-bond donors (Lipinski definition) is 1. The van der Waals surface area contributed by atoms with Crippen molar-refractivity contribution in [2.45, 2.75) is 45.8 Å². The lowest BCUT2D eigenvalue weighted by Gasteiger charge is -2.27. The predicted octanol–water partition coefficient (Wildman–Crippen LogP) is 2.25. The van der Waals surface area contributed by atoms with Gasteiger partial charge in [0.2, 0.25) is 0 Å². The molecule has 0 saturated carbocycles. The number of nitrogens with one attached hydrogen (secondary N) is 1. The Bertz CT molecular complexity index is 468. The number of nitrogens with zero attached hydrogens (tertiary/aromatic N) is 2. The van der Waals surface area contributed by atoms with Crippen LogP contribution in [0.2, 0.25) is 0 Å². The molecule has 2 aliphatic heterocycles. The van der Waals surface area contributed by atoms with Gasteiger partial charge in [-0.2, -0.15) is 0 Å². The Labute approximate surface area is 129 Å². The van der Waals surface area contributed by atoms with Crippen molar-refractivity contribution < 1.29 is 0 Å². The first-order valence-corrected chi connectivity index (χ1v) is 8.58. The summed E-state index contributed by atoms with van der Waals surface area (Å²) in [6, 6.07) is 7.63. The molecule has 1 saturated heterocycles. The van der Waals surface area contributed by atoms with E-state index in [9.17, 15) is 0 Å². The molecule has 0 aliphatic carbocycles. The standard InChI is InChI=1S/C18H29N3/c1-3-21(4-2)17-9-11-20(14-17)13-16-7-5-6-15-12-19-10-8-18(15)16/h5-7,17,19H,3-4,8-14H2,1-2H3. The Morgan fingerprint density at radius 1 is 1.29 bits per heavy atom. The summed E-state index contributed by atoms with van der Waals surface area (Å²) in [5, 5.41) is 3.48. The summed E-state index contributed by atoms with van der Waals surface area (Å²) in [4.78, 5) is 5.27. The predicted molar refractivity (Wildman–Crippen MR) is 88.5 cm³/mol. The van der Waals surface area contributed by atoms with Gasteiger partial charge in [-0.15, -0.1) is 0 Å². The van der Waals surface area contributed by atoms with E-state index in [4.69, 9.17) is 0 Å². The van der Waals surface area contributed by atoms with Crippen LogP contribution in [-0.4, -0.2) is 48.6 Å². The van der Waals surface area contributed by atoms with Crippen LogP contribution in [-0.2, 0) is 19.5 Å². The van der Waals surface area contributed by atoms with Crippen LogP contribution in [0.15, 0.2) is 18.2 Å². The van der Waals surface area contributed by atoms with Gasteiger partial charge in [0.05, 0.1) is 0 Å². The zero-order valence-corrected chi connectivity index (χ0v) is 13.6. The van der Waals surface area contributed by atoms with Crippen molar-refractivity contribution in [3.63, 3.8) is 0 Å². The maximum atomic E-state index is 3.48. The fourth-order valence-electron chi connectivity index (χ4n) is 3.99. The van der Waals surface area contributed by atoms with Crippen LogP contribution in [0.4, 0.5) is 0 Å². The molecule has 1 N–H and O–H groups in total. The lowest BCUT2D eigenvalue weighted by Crippen LogP contribution is -2.37. The van der Waals surface area contributed by atoms with Gasteiger partial charge in [-0.05, 0) is 49.2 Å². The highest BCUT2D eigenvalue weighted by molar-refractivity contribution is 5.37. The molecule has 2 aliphatic rings. The van der Waals surface area contributed by atoms with Gasteiger partial charge in [0, 0.05) is 32.2 Å². The third-order valence-electron chi connectivity index (χ3n) is 5.21. The maximum Gasteiger partial charge on any atom is 0.0237 e. The number of likely N-dealkylation sites (tertiary alicyclic amines) is 1. The van der Waals surface area contributed by atoms with Crippen LogP contribution < -0.4 is 5.32 Å². The van der Waals surface area contributed by atoms with E-state index in [1.165, 1.54) is 44.6 Å². The number of benzene rings is 1. The first-order valence-electron chi connectivity index (χ1n) is 8.58. The second-order valence-electron chi connectivity index (χ2n) is 6.38. The monoisotopic (exact) mass is 287 g/mol. The number of likely N-dealkylation sites (N-methyl/N-ethyl adjacent to an activating group) is 1. The SMILES string of the molecule is CCN(CC)C1CCN(Cc2cccc3c2CCNC3)C1. The van der Waals surface area contributed by atoms with Gasteiger partial charge < -0.3 is 5.32 Å². The molecule has 1 aromatic carbocycles. The third kappa shape index (κ3) is 3.31. The molecular weight excluding hydrogens is 258 g/mol. The van der Waals surface area contributed by atoms with E-state index in [-0.39, 0.29) is 0 Å². The summed E-state index contributed by atoms with van der Waals surface area (Å²) in [5.74, 6) is 0. The first-order chi connectivity index (χ1) is 10.3. The van der Waals surface area contributed by atoms with Crippen LogP contribution in [0, 0.1) is 0 Å². The van der Waals surface area contributed by atoms with Gasteiger partial charge in [-0.25, -0.2) is 0 Å². The van der Waals surface area contributed by atoms with Crippen molar-refractivity contribution >= 4 is 0 Å². The lowest BCUT2D eigenvalue weighted by atomic mass is 9.95. The lowest BCUT2D eigenvalue weighted by molar-refractivity contribution is 0.209. The fourth-order valence-corrected chi connectivity index (χ4v) is 3.99. The molecule has 0 bridgehead atoms. The highest BCUT2D eigenvalue weighted by atomic mass is 15.2. The summed E-state index contributed by atoms with van der Waals surface area (Å²) in [7, 11) is 0. The molecule has 3 rings (SSSR count). The Kier molecular flexibility index (Phi) is 4.94. The van der Waals surface area contributed by atoms with E-state index in [1.54, 1.807) is 11.1 Å². The summed E-state index contributed by atoms with van der Waals surface area (Å²) in [6.45, 7) is 12.7. The number of fused-ring (bicyclic) bond motifs is 1. The summed E-state index contributed by atoms with van der Waals surface area (Å²) in [6.07, 6.45) is 2.52. The molecule has 2 heterocycles. The van der Waals surface area contributed by atoms with Gasteiger partial charge in [-0.1, -0.05) is 32.0 Å². The van der Waals surface area contributed by atoms with E-state index in [1.807, 2.05) is 0 Å². The summed E-state index contributed by atoms with van der Waals surface area (Å²) >= 11 is 0. The molecular formula is C18H29N3. The Balaban J connectivity index is 1.65. The van der Waals surface area contributed by atoms with Crippen LogP contribution in [0.1, 0.15) is 37.0 Å². The average Bonchev–Trinajstić information content (AvgIpc) is 2.97. The largest absolute Gasteiger partial charge is 0.312 e. The third-order valence-corrected chi connectivity index (χ3v) is 5.21. The minimum absolute atomic E-state index is 0.765. The fraction of sp³-hybridized carbons (Fsp3) is 0.667. The number of hydrogen-bond acceptors (Lipinski definition) is 3. The van der Waals surface area contributed by atoms with Crippen molar-refractivity contribution in [2.24, 2.45) is 0 Å². The van der Waals surface area contributed by atoms with Crippen LogP contribution in [0.25, 0.3) is 0 Å². The summed E-state index contributed by atoms with van der Waals surface area (Å²) < 4.78 is 0. The smallest absolute Gasteiger partial charge is 0.0237 e. The molecule has 3 heteroatoms. The molecule has 0 spiro atoms. The highest BCUT2D eigenvalue weighted by Gasteiger charge is 2.26. The van der Waals surface area contributed by atoms with Crippen molar-refractivity contribution in [2.75, 3.05) is 32.7 Å². The highest BCUT2D eigenvalue weighted by Crippen LogP contribution is 2.23. The number of rotatable bonds is 5. The van der Waals surface area contributed by atoms with E-state index in [0.717, 1.165) is 25.7 Å². The van der Waals surface area contributed by atoms with Crippen molar-refractivity contribution in [3.05, 3.63) is 34.9 Å². The average molecular weight is 287 g/mol. The van der Waals surface area contributed by atoms with Gasteiger partial charge in [0.1, 0.15) is 0 Å². The van der Waals surface area contributed by atoms with Crippen molar-refractivity contribution in [1.29, 1.82) is 0 Å². The second kappa shape index (κ2) is 6.91. The molecule has 1 unspecified atom stereocenters.